The molecule has 5 N–H and O–H groups in total. The monoisotopic (exact) mass is 271 g/mol. The van der Waals surface area contributed by atoms with Crippen molar-refractivity contribution in [2.45, 2.75) is 24.9 Å². The molecule has 2 aliphatic heterocycles. The topological polar surface area (TPSA) is 86.3 Å². The molecule has 1 saturated heterocycles. The average Bonchev–Trinajstić information content (AvgIpc) is 2.58. The summed E-state index contributed by atoms with van der Waals surface area (Å²) in [5, 5.41) is 12.9. The van der Waals surface area contributed by atoms with E-state index in [0.717, 1.165) is 25.1 Å². The first-order chi connectivity index (χ1) is 9.67. The number of benzene rings is 1. The maximum absolute atomic E-state index is 5.86. The number of nitrogens with two attached hydrogens (primary N) is 1. The first-order valence-electron chi connectivity index (χ1n) is 6.67. The molecule has 1 aromatic carbocycles. The van der Waals surface area contributed by atoms with Crippen LogP contribution in [0, 0.1) is 5.41 Å². The molecule has 2 atom stereocenters. The van der Waals surface area contributed by atoms with Crippen LogP contribution in [-0.4, -0.2) is 24.6 Å². The molecule has 1 fully saturated rings. The molecule has 5 nitrogen and oxygen atoms in total. The number of hydrogen-bond donors (Lipinski definition) is 4. The third kappa shape index (κ3) is 3.38. The molecule has 20 heavy (non-hydrogen) atoms. The van der Waals surface area contributed by atoms with Crippen LogP contribution in [0.5, 0.6) is 0 Å². The van der Waals surface area contributed by atoms with E-state index in [1.165, 1.54) is 5.56 Å². The molecular formula is C15H21N5. The van der Waals surface area contributed by atoms with Crippen LogP contribution in [0.15, 0.2) is 47.2 Å². The highest BCUT2D eigenvalue weighted by Crippen LogP contribution is 2.30. The zero-order valence-corrected chi connectivity index (χ0v) is 11.6. The van der Waals surface area contributed by atoms with Crippen LogP contribution in [0.25, 0.3) is 0 Å². The van der Waals surface area contributed by atoms with Crippen molar-refractivity contribution >= 4 is 12.6 Å². The quantitative estimate of drug-likeness (QED) is 0.462. The first kappa shape index (κ1) is 14.1. The highest BCUT2D eigenvalue weighted by atomic mass is 15.2. The Hall–Kier alpha value is -2.30. The van der Waals surface area contributed by atoms with Crippen molar-refractivity contribution in [3.05, 3.63) is 47.8 Å². The zero-order chi connectivity index (χ0) is 14.4. The first-order valence-corrected chi connectivity index (χ1v) is 6.67. The normalized spacial score (nSPS) is 26.9. The molecule has 3 rings (SSSR count). The van der Waals surface area contributed by atoms with Crippen LogP contribution in [-0.2, 0) is 0 Å². The van der Waals surface area contributed by atoms with Crippen molar-refractivity contribution in [2.24, 2.45) is 10.7 Å². The lowest BCUT2D eigenvalue weighted by atomic mass is 9.87. The fourth-order valence-electron chi connectivity index (χ4n) is 2.56. The fraction of sp³-hybridized carbons (Fsp3) is 0.333. The summed E-state index contributed by atoms with van der Waals surface area (Å²) in [6.45, 7) is 3.07. The van der Waals surface area contributed by atoms with Crippen molar-refractivity contribution < 1.29 is 0 Å². The molecule has 2 unspecified atom stereocenters. The molecule has 0 radical (unpaired) electrons. The second-order valence-corrected chi connectivity index (χ2v) is 5.23. The number of hydrogen-bond acceptors (Lipinski definition) is 4. The molecule has 2 aliphatic rings. The van der Waals surface area contributed by atoms with Gasteiger partial charge < -0.3 is 16.4 Å². The smallest absolute Gasteiger partial charge is 0.101 e. The van der Waals surface area contributed by atoms with Gasteiger partial charge in [-0.3, -0.25) is 10.4 Å². The number of nitrogens with one attached hydrogen (secondary N) is 3. The van der Waals surface area contributed by atoms with Crippen LogP contribution in [0.4, 0.5) is 0 Å². The Morgan fingerprint density at radius 1 is 1.40 bits per heavy atom. The predicted molar refractivity (Wildman–Crippen MR) is 82.9 cm³/mol. The lowest BCUT2D eigenvalue weighted by molar-refractivity contribution is 0.273. The maximum atomic E-state index is 5.86. The van der Waals surface area contributed by atoms with E-state index in [2.05, 4.69) is 58.6 Å². The van der Waals surface area contributed by atoms with Gasteiger partial charge in [-0.2, -0.15) is 0 Å². The standard InChI is InChI=1S/C14H17N3.CH4N2/c1-14-9-12(11-5-3-2-4-6-11)16-13(17-14)7-8-15-10-14;2-1-3/h2-8,12,16-17H,9-10H2,1H3;1H,(H3,2,3). The second kappa shape index (κ2) is 6.23. The molecule has 2 heterocycles. The van der Waals surface area contributed by atoms with Crippen molar-refractivity contribution in [3.63, 3.8) is 0 Å². The molecule has 0 amide bonds. The Bertz CT molecular complexity index is 508. The Labute approximate surface area is 119 Å². The van der Waals surface area contributed by atoms with Crippen LogP contribution >= 0.6 is 0 Å². The molecule has 2 bridgehead atoms. The lowest BCUT2D eigenvalue weighted by Gasteiger charge is -2.41. The van der Waals surface area contributed by atoms with Gasteiger partial charge in [0, 0.05) is 6.21 Å². The van der Waals surface area contributed by atoms with Crippen molar-refractivity contribution in [1.29, 1.82) is 5.41 Å². The van der Waals surface area contributed by atoms with Gasteiger partial charge in [0.2, 0.25) is 0 Å². The number of allylic oxidation sites excluding steroid dienone is 1. The fourth-order valence-corrected chi connectivity index (χ4v) is 2.56. The summed E-state index contributed by atoms with van der Waals surface area (Å²) in [6.07, 6.45) is 5.69. The van der Waals surface area contributed by atoms with Gasteiger partial charge in [-0.25, -0.2) is 0 Å². The SMILES string of the molecule is CC12CN=CC=C(NC(c3ccccc3)C1)N2.N=CN. The summed E-state index contributed by atoms with van der Waals surface area (Å²) in [7, 11) is 0. The van der Waals surface area contributed by atoms with E-state index in [1.807, 2.05) is 12.3 Å². The molecular weight excluding hydrogens is 250 g/mol. The van der Waals surface area contributed by atoms with Gasteiger partial charge in [-0.1, -0.05) is 30.3 Å². The summed E-state index contributed by atoms with van der Waals surface area (Å²) < 4.78 is 0. The minimum absolute atomic E-state index is 0.0601. The van der Waals surface area contributed by atoms with Gasteiger partial charge in [-0.05, 0) is 25.0 Å². The zero-order valence-electron chi connectivity index (χ0n) is 11.6. The van der Waals surface area contributed by atoms with Gasteiger partial charge >= 0.3 is 0 Å². The third-order valence-electron chi connectivity index (χ3n) is 3.41. The number of fused-ring (bicyclic) bond motifs is 2. The van der Waals surface area contributed by atoms with Crippen LogP contribution in [0.1, 0.15) is 24.9 Å². The third-order valence-corrected chi connectivity index (χ3v) is 3.41. The second-order valence-electron chi connectivity index (χ2n) is 5.23. The molecule has 5 heteroatoms. The Morgan fingerprint density at radius 3 is 2.80 bits per heavy atom. The van der Waals surface area contributed by atoms with E-state index in [-0.39, 0.29) is 5.54 Å². The van der Waals surface area contributed by atoms with Crippen molar-refractivity contribution in [2.75, 3.05) is 6.54 Å². The van der Waals surface area contributed by atoms with E-state index in [4.69, 9.17) is 5.41 Å². The number of aliphatic imine (C=N–C) groups is 1. The van der Waals surface area contributed by atoms with Crippen LogP contribution in [0.2, 0.25) is 0 Å². The van der Waals surface area contributed by atoms with Gasteiger partial charge in [-0.15, -0.1) is 0 Å². The minimum atomic E-state index is 0.0601. The maximum Gasteiger partial charge on any atom is 0.101 e. The molecule has 0 spiro atoms. The molecule has 106 valence electrons. The number of nitrogens with zero attached hydrogens (tertiary/aromatic N) is 1. The summed E-state index contributed by atoms with van der Waals surface area (Å²) in [4.78, 5) is 4.41. The van der Waals surface area contributed by atoms with E-state index >= 15 is 0 Å². The average molecular weight is 271 g/mol. The van der Waals surface area contributed by atoms with Crippen LogP contribution < -0.4 is 16.4 Å². The molecule has 0 aliphatic carbocycles. The lowest BCUT2D eigenvalue weighted by Crippen LogP contribution is -2.54. The molecule has 0 aromatic heterocycles. The van der Waals surface area contributed by atoms with E-state index in [0.29, 0.717) is 6.04 Å². The van der Waals surface area contributed by atoms with Gasteiger partial charge in [0.05, 0.1) is 24.5 Å². The Balaban J connectivity index is 0.000000452. The van der Waals surface area contributed by atoms with Crippen LogP contribution in [0.3, 0.4) is 0 Å². The van der Waals surface area contributed by atoms with Gasteiger partial charge in [0.25, 0.3) is 0 Å². The van der Waals surface area contributed by atoms with E-state index < -0.39 is 0 Å². The Kier molecular flexibility index (Phi) is 4.40. The molecule has 1 aromatic rings. The highest BCUT2D eigenvalue weighted by molar-refractivity contribution is 5.72. The minimum Gasteiger partial charge on any atom is -0.390 e. The molecule has 0 saturated carbocycles. The van der Waals surface area contributed by atoms with Crippen molar-refractivity contribution in [1.82, 2.24) is 10.6 Å². The summed E-state index contributed by atoms with van der Waals surface area (Å²) in [5.74, 6) is 1.08. The van der Waals surface area contributed by atoms with Gasteiger partial charge in [0.15, 0.2) is 0 Å². The number of rotatable bonds is 1. The highest BCUT2D eigenvalue weighted by Gasteiger charge is 2.34. The van der Waals surface area contributed by atoms with E-state index in [9.17, 15) is 0 Å². The largest absolute Gasteiger partial charge is 0.390 e. The van der Waals surface area contributed by atoms with E-state index in [1.54, 1.807) is 0 Å². The predicted octanol–water partition coefficient (Wildman–Crippen LogP) is 1.55. The van der Waals surface area contributed by atoms with Gasteiger partial charge in [0.1, 0.15) is 5.82 Å². The van der Waals surface area contributed by atoms with Crippen molar-refractivity contribution in [3.8, 4) is 0 Å². The summed E-state index contributed by atoms with van der Waals surface area (Å²) >= 11 is 0. The summed E-state index contributed by atoms with van der Waals surface area (Å²) in [6, 6.07) is 11.0. The Morgan fingerprint density at radius 2 is 2.10 bits per heavy atom. The summed E-state index contributed by atoms with van der Waals surface area (Å²) in [5.41, 5.74) is 5.79.